The van der Waals surface area contributed by atoms with Crippen molar-refractivity contribution >= 4 is 23.4 Å². The molecule has 1 aliphatic rings. The van der Waals surface area contributed by atoms with Crippen LogP contribution in [0.5, 0.6) is 0 Å². The molecule has 0 bridgehead atoms. The van der Waals surface area contributed by atoms with E-state index < -0.39 is 5.92 Å². The number of hydrogen-bond donors (Lipinski definition) is 0. The lowest BCUT2D eigenvalue weighted by molar-refractivity contribution is -0.152. The van der Waals surface area contributed by atoms with Crippen molar-refractivity contribution < 1.29 is 23.9 Å². The van der Waals surface area contributed by atoms with Crippen molar-refractivity contribution in [2.45, 2.75) is 46.5 Å². The average molecular weight is 387 g/mol. The summed E-state index contributed by atoms with van der Waals surface area (Å²) >= 11 is 0. The Kier molecular flexibility index (Phi) is 7.63. The molecule has 1 saturated heterocycles. The Morgan fingerprint density at radius 3 is 2.57 bits per heavy atom. The van der Waals surface area contributed by atoms with Crippen molar-refractivity contribution in [3.05, 3.63) is 34.9 Å². The van der Waals surface area contributed by atoms with Crippen molar-refractivity contribution in [3.63, 3.8) is 0 Å². The molecule has 1 aromatic rings. The number of hydrogen-bond acceptors (Lipinski definition) is 5. The maximum Gasteiger partial charge on any atom is 0.232 e. The van der Waals surface area contributed by atoms with Crippen LogP contribution in [0.3, 0.4) is 0 Å². The minimum atomic E-state index is -0.546. The van der Waals surface area contributed by atoms with Crippen molar-refractivity contribution in [1.82, 2.24) is 4.90 Å². The van der Waals surface area contributed by atoms with Crippen LogP contribution in [0.1, 0.15) is 66.3 Å². The van der Waals surface area contributed by atoms with Crippen LogP contribution in [0, 0.1) is 11.8 Å². The lowest BCUT2D eigenvalue weighted by Gasteiger charge is -2.30. The fourth-order valence-electron chi connectivity index (χ4n) is 3.70. The van der Waals surface area contributed by atoms with Crippen molar-refractivity contribution in [2.75, 3.05) is 20.3 Å². The Morgan fingerprint density at radius 2 is 1.96 bits per heavy atom. The molecular weight excluding hydrogens is 358 g/mol. The summed E-state index contributed by atoms with van der Waals surface area (Å²) in [5.41, 5.74) is 1.69. The van der Waals surface area contributed by atoms with Gasteiger partial charge in [0.2, 0.25) is 11.8 Å². The summed E-state index contributed by atoms with van der Waals surface area (Å²) in [5.74, 6) is -1.13. The Bertz CT molecular complexity index is 768. The second-order valence-electron chi connectivity index (χ2n) is 7.73. The van der Waals surface area contributed by atoms with Crippen LogP contribution in [0.4, 0.5) is 0 Å². The first-order chi connectivity index (χ1) is 13.3. The van der Waals surface area contributed by atoms with E-state index in [1.54, 1.807) is 12.1 Å². The Labute approximate surface area is 166 Å². The predicted molar refractivity (Wildman–Crippen MR) is 105 cm³/mol. The predicted octanol–water partition coefficient (Wildman–Crippen LogP) is 3.07. The summed E-state index contributed by atoms with van der Waals surface area (Å²) < 4.78 is 4.96. The zero-order valence-corrected chi connectivity index (χ0v) is 17.1. The summed E-state index contributed by atoms with van der Waals surface area (Å²) in [7, 11) is 1.51. The first kappa shape index (κ1) is 22.0. The van der Waals surface area contributed by atoms with Crippen LogP contribution in [0.25, 0.3) is 0 Å². The van der Waals surface area contributed by atoms with E-state index in [4.69, 9.17) is 4.74 Å². The molecular formula is C22H29NO5. The maximum atomic E-state index is 13.0. The smallest absolute Gasteiger partial charge is 0.232 e. The normalized spacial score (nSPS) is 17.3. The number of imide groups is 1. The quantitative estimate of drug-likeness (QED) is 0.480. The number of Topliss-reactive ketones (excluding diaryl/α,β-unsaturated/α-hetero) is 2. The number of carbonyl (C=O) groups is 4. The van der Waals surface area contributed by atoms with Crippen LogP contribution in [-0.4, -0.2) is 48.5 Å². The summed E-state index contributed by atoms with van der Waals surface area (Å²) in [4.78, 5) is 51.1. The fraction of sp³-hybridized carbons (Fsp3) is 0.545. The van der Waals surface area contributed by atoms with E-state index in [0.29, 0.717) is 29.9 Å². The Morgan fingerprint density at radius 1 is 1.25 bits per heavy atom. The van der Waals surface area contributed by atoms with Gasteiger partial charge in [-0.15, -0.1) is 0 Å². The van der Waals surface area contributed by atoms with Gasteiger partial charge >= 0.3 is 0 Å². The second kappa shape index (κ2) is 9.73. The van der Waals surface area contributed by atoms with Gasteiger partial charge in [0, 0.05) is 37.0 Å². The second-order valence-corrected chi connectivity index (χ2v) is 7.73. The molecule has 6 heteroatoms. The van der Waals surface area contributed by atoms with Gasteiger partial charge < -0.3 is 4.74 Å². The lowest BCUT2D eigenvalue weighted by atomic mass is 9.86. The van der Waals surface area contributed by atoms with Crippen molar-refractivity contribution in [3.8, 4) is 0 Å². The number of nitrogens with zero attached hydrogens (tertiary/aromatic N) is 1. The molecule has 0 aromatic heterocycles. The zero-order chi connectivity index (χ0) is 20.8. The average Bonchev–Trinajstić information content (AvgIpc) is 2.63. The van der Waals surface area contributed by atoms with Gasteiger partial charge in [0.1, 0.15) is 0 Å². The molecule has 6 nitrogen and oxygen atoms in total. The third kappa shape index (κ3) is 5.13. The highest BCUT2D eigenvalue weighted by Gasteiger charge is 2.35. The van der Waals surface area contributed by atoms with Crippen LogP contribution >= 0.6 is 0 Å². The van der Waals surface area contributed by atoms with Gasteiger partial charge in [-0.1, -0.05) is 32.0 Å². The first-order valence-electron chi connectivity index (χ1n) is 9.75. The van der Waals surface area contributed by atoms with E-state index in [-0.39, 0.29) is 49.4 Å². The maximum absolute atomic E-state index is 13.0. The van der Waals surface area contributed by atoms with Crippen LogP contribution in [-0.2, 0) is 20.7 Å². The molecule has 0 aliphatic carbocycles. The Hall–Kier alpha value is -2.34. The van der Waals surface area contributed by atoms with Gasteiger partial charge in [0.15, 0.2) is 11.6 Å². The van der Waals surface area contributed by atoms with E-state index in [0.717, 1.165) is 5.56 Å². The van der Waals surface area contributed by atoms with Gasteiger partial charge in [-0.05, 0) is 31.2 Å². The number of ketones is 2. The monoisotopic (exact) mass is 387 g/mol. The highest BCUT2D eigenvalue weighted by Crippen LogP contribution is 2.26. The third-order valence-electron chi connectivity index (χ3n) is 5.01. The molecule has 0 N–H and O–H groups in total. The fourth-order valence-corrected chi connectivity index (χ4v) is 3.70. The molecule has 0 radical (unpaired) electrons. The number of likely N-dealkylation sites (tertiary alicyclic amines) is 1. The zero-order valence-electron chi connectivity index (χ0n) is 17.1. The summed E-state index contributed by atoms with van der Waals surface area (Å²) in [6.45, 7) is 6.05. The van der Waals surface area contributed by atoms with Gasteiger partial charge in [-0.3, -0.25) is 24.1 Å². The van der Waals surface area contributed by atoms with Crippen LogP contribution in [0.2, 0.25) is 0 Å². The molecule has 2 amide bonds. The Balaban J connectivity index is 2.23. The lowest BCUT2D eigenvalue weighted by Crippen LogP contribution is -2.47. The first-order valence-corrected chi connectivity index (χ1v) is 9.75. The van der Waals surface area contributed by atoms with E-state index in [1.165, 1.54) is 18.9 Å². The molecule has 28 heavy (non-hydrogen) atoms. The molecule has 1 aromatic carbocycles. The summed E-state index contributed by atoms with van der Waals surface area (Å²) in [5, 5.41) is 0. The van der Waals surface area contributed by atoms with Gasteiger partial charge in [-0.25, -0.2) is 0 Å². The molecule has 1 heterocycles. The number of benzene rings is 1. The van der Waals surface area contributed by atoms with Gasteiger partial charge in [-0.2, -0.15) is 0 Å². The number of methoxy groups -OCH3 is 1. The minimum Gasteiger partial charge on any atom is -0.383 e. The largest absolute Gasteiger partial charge is 0.383 e. The topological polar surface area (TPSA) is 80.8 Å². The standard InChI is InChI=1S/C22H29NO5/c1-14(2)12-16-6-5-7-18(21(16)15(3)24)19(25)13-17-8-9-20(26)23(22(17)27)10-11-28-4/h5-7,14,17H,8-13H2,1-4H3. The number of amides is 2. The van der Waals surface area contributed by atoms with Crippen LogP contribution in [0.15, 0.2) is 18.2 Å². The van der Waals surface area contributed by atoms with Gasteiger partial charge in [0.25, 0.3) is 0 Å². The number of piperidine rings is 1. The van der Waals surface area contributed by atoms with Gasteiger partial charge in [0.05, 0.1) is 13.2 Å². The van der Waals surface area contributed by atoms with E-state index in [2.05, 4.69) is 13.8 Å². The minimum absolute atomic E-state index is 0.000999. The highest BCUT2D eigenvalue weighted by molar-refractivity contribution is 6.10. The van der Waals surface area contributed by atoms with E-state index in [9.17, 15) is 19.2 Å². The third-order valence-corrected chi connectivity index (χ3v) is 5.01. The summed E-state index contributed by atoms with van der Waals surface area (Å²) in [6, 6.07) is 5.32. The molecule has 1 aliphatic heterocycles. The summed E-state index contributed by atoms with van der Waals surface area (Å²) in [6.07, 6.45) is 1.30. The molecule has 0 saturated carbocycles. The van der Waals surface area contributed by atoms with Crippen molar-refractivity contribution in [1.29, 1.82) is 0 Å². The SMILES string of the molecule is COCCN1C(=O)CCC(CC(=O)c2cccc(CC(C)C)c2C(C)=O)C1=O. The molecule has 1 unspecified atom stereocenters. The molecule has 2 rings (SSSR count). The number of carbonyl (C=O) groups excluding carboxylic acids is 4. The number of ether oxygens (including phenoxy) is 1. The van der Waals surface area contributed by atoms with E-state index in [1.807, 2.05) is 6.07 Å². The highest BCUT2D eigenvalue weighted by atomic mass is 16.5. The van der Waals surface area contributed by atoms with E-state index >= 15 is 0 Å². The molecule has 1 fully saturated rings. The van der Waals surface area contributed by atoms with Crippen LogP contribution < -0.4 is 0 Å². The van der Waals surface area contributed by atoms with Crippen molar-refractivity contribution in [2.24, 2.45) is 11.8 Å². The molecule has 0 spiro atoms. The number of rotatable bonds is 9. The molecule has 1 atom stereocenters. The molecule has 152 valence electrons.